The fourth-order valence-electron chi connectivity index (χ4n) is 11.3. The summed E-state index contributed by atoms with van der Waals surface area (Å²) in [6, 6.07) is 81.8. The van der Waals surface area contributed by atoms with Crippen LogP contribution in [0, 0.1) is 5.92 Å². The smallest absolute Gasteiger partial charge is 0.0544 e. The van der Waals surface area contributed by atoms with Crippen LogP contribution in [0.1, 0.15) is 38.3 Å². The molecule has 0 spiro atoms. The average Bonchev–Trinajstić information content (AvgIpc) is 3.84. The first kappa shape index (κ1) is 40.4. The quantitative estimate of drug-likeness (QED) is 0.143. The van der Waals surface area contributed by atoms with Crippen LogP contribution in [0.3, 0.4) is 0 Å². The predicted octanol–water partition coefficient (Wildman–Crippen LogP) is 17.7. The third-order valence-electron chi connectivity index (χ3n) is 14.1. The minimum absolute atomic E-state index is 0.123. The van der Waals surface area contributed by atoms with Crippen molar-refractivity contribution >= 4 is 61.5 Å². The van der Waals surface area contributed by atoms with Crippen molar-refractivity contribution in [1.29, 1.82) is 0 Å². The number of aromatic nitrogens is 1. The summed E-state index contributed by atoms with van der Waals surface area (Å²) >= 11 is 0. The van der Waals surface area contributed by atoms with Gasteiger partial charge in [0.25, 0.3) is 0 Å². The number of hydrogen-bond acceptors (Lipinski definition) is 2. The number of allylic oxidation sites excluding steroid dienone is 4. The van der Waals surface area contributed by atoms with E-state index >= 15 is 0 Å². The maximum absolute atomic E-state index is 2.52. The van der Waals surface area contributed by atoms with Crippen LogP contribution >= 0.6 is 0 Å². The Balaban J connectivity index is 1.12. The molecule has 0 aliphatic heterocycles. The highest BCUT2D eigenvalue weighted by atomic mass is 15.2. The zero-order chi connectivity index (χ0) is 45.1. The lowest BCUT2D eigenvalue weighted by Gasteiger charge is -2.31. The zero-order valence-corrected chi connectivity index (χ0v) is 38.1. The van der Waals surface area contributed by atoms with Crippen molar-refractivity contribution in [3.05, 3.63) is 253 Å². The second-order valence-corrected chi connectivity index (χ2v) is 18.6. The van der Waals surface area contributed by atoms with Gasteiger partial charge in [-0.3, -0.25) is 0 Å². The lowest BCUT2D eigenvalue weighted by Crippen LogP contribution is -2.22. The van der Waals surface area contributed by atoms with Gasteiger partial charge in [0.15, 0.2) is 0 Å². The Hall–Kier alpha value is -8.14. The molecule has 10 aromatic rings. The van der Waals surface area contributed by atoms with Crippen molar-refractivity contribution in [2.24, 2.45) is 5.92 Å². The van der Waals surface area contributed by atoms with E-state index in [1.165, 1.54) is 60.8 Å². The van der Waals surface area contributed by atoms with Crippen LogP contribution in [0.25, 0.3) is 55.3 Å². The van der Waals surface area contributed by atoms with Crippen molar-refractivity contribution in [3.8, 4) is 27.9 Å². The zero-order valence-electron chi connectivity index (χ0n) is 38.1. The Kier molecular flexibility index (Phi) is 9.87. The van der Waals surface area contributed by atoms with Crippen LogP contribution in [0.5, 0.6) is 0 Å². The summed E-state index contributed by atoms with van der Waals surface area (Å²) in [5.74, 6) is 0.487. The summed E-state index contributed by atoms with van der Waals surface area (Å²) < 4.78 is 2.52. The van der Waals surface area contributed by atoms with Crippen LogP contribution in [0.15, 0.2) is 242 Å². The van der Waals surface area contributed by atoms with Gasteiger partial charge in [-0.25, -0.2) is 0 Å². The molecule has 1 unspecified atom stereocenters. The molecule has 1 atom stereocenters. The van der Waals surface area contributed by atoms with Crippen LogP contribution in [-0.2, 0) is 5.41 Å². The second-order valence-electron chi connectivity index (χ2n) is 18.6. The Morgan fingerprint density at radius 3 is 1.45 bits per heavy atom. The van der Waals surface area contributed by atoms with Gasteiger partial charge in [-0.2, -0.15) is 0 Å². The molecule has 3 nitrogen and oxygen atoms in total. The molecule has 3 heteroatoms. The fourth-order valence-corrected chi connectivity index (χ4v) is 11.3. The standard InChI is InChI=1S/C64H51N3/c1-44-19-18-29-56-57-39-40-60-61(63(57)64(2,3)62(44)56)58-28-16-17-30-59(58)67(60)55-42-53(65(49-24-12-6-13-25-49)51-35-31-47(32-36-51)45-20-8-4-9-21-45)41-54(43-55)66(50-26-14-7-15-27-50)52-37-33-48(34-38-52)46-22-10-5-11-23-46/h4-18,20-44H,19H2,1-3H3. The van der Waals surface area contributed by atoms with Gasteiger partial charge in [0.05, 0.1) is 28.1 Å². The molecule has 1 heterocycles. The van der Waals surface area contributed by atoms with Gasteiger partial charge in [0, 0.05) is 38.9 Å². The molecule has 0 saturated heterocycles. The van der Waals surface area contributed by atoms with Crippen molar-refractivity contribution in [2.45, 2.75) is 32.6 Å². The van der Waals surface area contributed by atoms with Crippen LogP contribution < -0.4 is 9.80 Å². The second kappa shape index (κ2) is 16.4. The monoisotopic (exact) mass is 861 g/mol. The summed E-state index contributed by atoms with van der Waals surface area (Å²) in [4.78, 5) is 4.81. The Morgan fingerprint density at radius 1 is 0.448 bits per heavy atom. The minimum Gasteiger partial charge on any atom is -0.310 e. The minimum atomic E-state index is -0.123. The molecule has 322 valence electrons. The molecule has 9 aromatic carbocycles. The van der Waals surface area contributed by atoms with Gasteiger partial charge >= 0.3 is 0 Å². The molecule has 2 aliphatic rings. The van der Waals surface area contributed by atoms with E-state index in [0.29, 0.717) is 5.92 Å². The Morgan fingerprint density at radius 2 is 0.910 bits per heavy atom. The van der Waals surface area contributed by atoms with Crippen molar-refractivity contribution in [1.82, 2.24) is 4.57 Å². The highest BCUT2D eigenvalue weighted by molar-refractivity contribution is 6.14. The van der Waals surface area contributed by atoms with Crippen molar-refractivity contribution < 1.29 is 0 Å². The third-order valence-corrected chi connectivity index (χ3v) is 14.1. The van der Waals surface area contributed by atoms with E-state index in [2.05, 4.69) is 272 Å². The molecule has 0 radical (unpaired) electrons. The first-order valence-electron chi connectivity index (χ1n) is 23.6. The molecule has 2 aliphatic carbocycles. The molecule has 0 fully saturated rings. The van der Waals surface area contributed by atoms with Gasteiger partial charge in [0.1, 0.15) is 0 Å². The van der Waals surface area contributed by atoms with Gasteiger partial charge in [0.2, 0.25) is 0 Å². The summed E-state index contributed by atoms with van der Waals surface area (Å²) in [6.07, 6.45) is 5.84. The summed E-state index contributed by atoms with van der Waals surface area (Å²) in [5, 5.41) is 2.62. The average molecular weight is 862 g/mol. The molecule has 0 bridgehead atoms. The number of hydrogen-bond donors (Lipinski definition) is 0. The topological polar surface area (TPSA) is 11.4 Å². The van der Waals surface area contributed by atoms with Gasteiger partial charge < -0.3 is 14.4 Å². The number of benzene rings is 9. The summed E-state index contributed by atoms with van der Waals surface area (Å²) in [7, 11) is 0. The first-order valence-corrected chi connectivity index (χ1v) is 23.6. The van der Waals surface area contributed by atoms with E-state index in [-0.39, 0.29) is 5.41 Å². The number of nitrogens with zero attached hydrogens (tertiary/aromatic N) is 3. The van der Waals surface area contributed by atoms with E-state index in [1.807, 2.05) is 0 Å². The molecular formula is C64H51N3. The number of anilines is 6. The fraction of sp³-hybridized carbons (Fsp3) is 0.0938. The van der Waals surface area contributed by atoms with Gasteiger partial charge in [-0.1, -0.05) is 179 Å². The molecular weight excluding hydrogens is 811 g/mol. The maximum Gasteiger partial charge on any atom is 0.0544 e. The third kappa shape index (κ3) is 6.89. The van der Waals surface area contributed by atoms with E-state index < -0.39 is 0 Å². The normalized spacial score (nSPS) is 14.9. The maximum atomic E-state index is 2.52. The molecule has 0 N–H and O–H groups in total. The highest BCUT2D eigenvalue weighted by Gasteiger charge is 2.42. The molecule has 0 saturated carbocycles. The van der Waals surface area contributed by atoms with E-state index in [4.69, 9.17) is 0 Å². The van der Waals surface area contributed by atoms with Gasteiger partial charge in [-0.05, 0) is 136 Å². The lowest BCUT2D eigenvalue weighted by atomic mass is 9.73. The molecule has 67 heavy (non-hydrogen) atoms. The predicted molar refractivity (Wildman–Crippen MR) is 284 cm³/mol. The van der Waals surface area contributed by atoms with E-state index in [1.54, 1.807) is 5.57 Å². The number of para-hydroxylation sites is 3. The number of fused-ring (bicyclic) bond motifs is 6. The SMILES string of the molecule is CC1CC=CC2=C1C(C)(C)c1c2ccc2c1c1ccccc1n2-c1cc(N(c2ccccc2)c2ccc(-c3ccccc3)cc2)cc(N(c2ccccc2)c2ccc(-c3ccccc3)cc2)c1. The van der Waals surface area contributed by atoms with Crippen LogP contribution in [-0.4, -0.2) is 4.57 Å². The van der Waals surface area contributed by atoms with Crippen molar-refractivity contribution in [2.75, 3.05) is 9.80 Å². The lowest BCUT2D eigenvalue weighted by molar-refractivity contribution is 0.533. The van der Waals surface area contributed by atoms with E-state index in [0.717, 1.165) is 46.2 Å². The summed E-state index contributed by atoms with van der Waals surface area (Å²) in [6.45, 7) is 7.31. The molecule has 1 aromatic heterocycles. The Labute approximate surface area is 393 Å². The highest BCUT2D eigenvalue weighted by Crippen LogP contribution is 2.56. The van der Waals surface area contributed by atoms with Crippen LogP contribution in [0.4, 0.5) is 34.1 Å². The van der Waals surface area contributed by atoms with E-state index in [9.17, 15) is 0 Å². The first-order chi connectivity index (χ1) is 32.9. The largest absolute Gasteiger partial charge is 0.310 e. The van der Waals surface area contributed by atoms with Crippen LogP contribution in [0.2, 0.25) is 0 Å². The molecule has 0 amide bonds. The Bertz CT molecular complexity index is 3350. The van der Waals surface area contributed by atoms with Crippen molar-refractivity contribution in [3.63, 3.8) is 0 Å². The molecule has 12 rings (SSSR count). The van der Waals surface area contributed by atoms with Gasteiger partial charge in [-0.15, -0.1) is 0 Å². The summed E-state index contributed by atoms with van der Waals surface area (Å²) in [5.41, 5.74) is 20.3. The number of rotatable bonds is 9.